The molecule has 0 radical (unpaired) electrons. The third-order valence-corrected chi connectivity index (χ3v) is 26.0. The zero-order valence-corrected chi connectivity index (χ0v) is 90.3. The van der Waals surface area contributed by atoms with Crippen molar-refractivity contribution in [2.45, 2.75) is 318 Å². The van der Waals surface area contributed by atoms with E-state index in [1.165, 1.54) is 76.2 Å². The maximum absolute atomic E-state index is 14.1. The Labute approximate surface area is 866 Å². The van der Waals surface area contributed by atoms with Crippen LogP contribution in [0.4, 0.5) is 13.2 Å². The van der Waals surface area contributed by atoms with E-state index in [0.29, 0.717) is 47.0 Å². The summed E-state index contributed by atoms with van der Waals surface area (Å²) in [7, 11) is 0. The smallest absolute Gasteiger partial charge is 0.343 e. The van der Waals surface area contributed by atoms with E-state index in [2.05, 4.69) is 145 Å². The number of nitriles is 5. The van der Waals surface area contributed by atoms with Gasteiger partial charge in [-0.15, -0.1) is 0 Å². The van der Waals surface area contributed by atoms with Crippen molar-refractivity contribution in [3.05, 3.63) is 260 Å². The van der Waals surface area contributed by atoms with Gasteiger partial charge in [-0.1, -0.05) is 120 Å². The van der Waals surface area contributed by atoms with Crippen molar-refractivity contribution in [3.63, 3.8) is 0 Å². The number of phenols is 1. The first kappa shape index (κ1) is 115. The molecule has 0 saturated heterocycles. The SMILES string of the molecule is CC(=O)OCOC(=O)Cc1ccc(O)cc1F.CC1(C)CC(C)(C)c2cc(C(=O)O)cc(C#N)c2O1.CC1(C)CC(C)(C)c2cc(C(=O)O)cc(C#N)c2O1.CC1(C)CC(C)(C)c2cc(C(=O)Oc3ccc(CC(=O)O)c(F)c3)cc(C#N)c2O1.CCc1ccc(OC(=O)c2cc(C#N)c3c(c2)C(C)(C)CC(C)(C)O3)cc1F.Cc1cc(C#N)c2c(c1)C(C)(C)CC(C)(C)O2.Cc1cc(I)c2c(c1)C(C)(C)CC(C)(C)O2. The molecule has 9 aromatic rings. The molecular formula is C116H129F3IN5O21. The summed E-state index contributed by atoms with van der Waals surface area (Å²) in [5, 5.41) is 82.9. The molecule has 0 atom stereocenters. The first-order valence-corrected chi connectivity index (χ1v) is 48.6. The summed E-state index contributed by atoms with van der Waals surface area (Å²) in [4.78, 5) is 80.0. The number of fused-ring (bicyclic) bond motifs is 6. The van der Waals surface area contributed by atoms with Crippen LogP contribution in [-0.2, 0) is 75.6 Å². The molecule has 6 aliphatic rings. The summed E-state index contributed by atoms with van der Waals surface area (Å²) in [6.07, 6.45) is 4.76. The van der Waals surface area contributed by atoms with Gasteiger partial charge in [-0.3, -0.25) is 14.4 Å². The normalized spacial score (nSPS) is 17.1. The molecule has 0 fully saturated rings. The van der Waals surface area contributed by atoms with E-state index in [9.17, 15) is 73.0 Å². The Balaban J connectivity index is 0.000000192. The standard InChI is InChI=1S/C23H22FNO5.C23H24FNO3.2C15H17NO3.C15H19NO.C14H19IO.C11H11FO5/c1-22(2)12-23(3,4)30-20-15(11-25)7-14(8-17(20)22)21(28)29-16-6-5-13(9-19(26)27)18(24)10-16;1-6-14-7-8-17(11-19(14)24)27-21(26)15-9-16(12-25)20-18(10-15)22(2,3)13-23(4,5)28-20;2*1-14(2)8-15(3,4)19-12-10(7-16)5-9(13(17)18)6-11(12)14;1-10-6-11(8-16)13-12(7-10)14(2,3)9-15(4,5)17-13;1-9-6-10-12(11(15)7-9)16-14(4,5)8-13(10,2)3;1-7(13)16-6-17-11(15)4-8-2-3-9(14)5-10(8)12/h5-8,10H,9,12H2,1-4H3,(H,26,27);7-11H,6,13H2,1-5H3;2*5-6H,8H2,1-4H3,(H,17,18);6-7H,9H2,1-5H3;6-7H,8H2,1-5H3;2-3,5,14H,4,6H2,1H3. The maximum atomic E-state index is 14.1. The molecule has 0 saturated carbocycles. The summed E-state index contributed by atoms with van der Waals surface area (Å²) in [5.41, 5.74) is 8.40. The summed E-state index contributed by atoms with van der Waals surface area (Å²) in [6, 6.07) is 42.6. The number of rotatable bonds is 13. The third-order valence-electron chi connectivity index (χ3n) is 25.2. The zero-order valence-electron chi connectivity index (χ0n) is 88.2. The minimum absolute atomic E-state index is 0.00985. The van der Waals surface area contributed by atoms with Crippen molar-refractivity contribution in [2.24, 2.45) is 0 Å². The molecule has 0 amide bonds. The number of aryl methyl sites for hydroxylation is 3. The van der Waals surface area contributed by atoms with Gasteiger partial charge >= 0.3 is 41.8 Å². The molecular weight excluding hydrogens is 1980 g/mol. The second-order valence-corrected chi connectivity index (χ2v) is 46.2. The molecule has 0 unspecified atom stereocenters. The van der Waals surface area contributed by atoms with Gasteiger partial charge in [0.05, 0.1) is 66.5 Å². The van der Waals surface area contributed by atoms with Crippen LogP contribution in [0.1, 0.15) is 349 Å². The summed E-state index contributed by atoms with van der Waals surface area (Å²) < 4.78 is 98.0. The van der Waals surface area contributed by atoms with Gasteiger partial charge in [-0.2, -0.15) is 26.3 Å². The fourth-order valence-electron chi connectivity index (χ4n) is 20.6. The van der Waals surface area contributed by atoms with E-state index in [1.807, 2.05) is 129 Å². The van der Waals surface area contributed by atoms with Crippen LogP contribution in [0, 0.1) is 91.5 Å². The van der Waals surface area contributed by atoms with Crippen LogP contribution in [0.3, 0.4) is 0 Å². The van der Waals surface area contributed by atoms with Crippen molar-refractivity contribution in [1.82, 2.24) is 0 Å². The second-order valence-electron chi connectivity index (χ2n) is 45.1. The predicted molar refractivity (Wildman–Crippen MR) is 550 cm³/mol. The average molecular weight is 2110 g/mol. The molecule has 4 N–H and O–H groups in total. The molecule has 6 heterocycles. The number of halogens is 4. The molecule has 9 aromatic carbocycles. The topological polar surface area (TPSA) is 412 Å². The number of benzene rings is 9. The van der Waals surface area contributed by atoms with Gasteiger partial charge < -0.3 is 67.8 Å². The number of nitrogens with zero attached hydrogens (tertiary/aromatic N) is 5. The minimum Gasteiger partial charge on any atom is -0.508 e. The van der Waals surface area contributed by atoms with Gasteiger partial charge in [0.2, 0.25) is 6.79 Å². The Bertz CT molecular complexity index is 6750. The summed E-state index contributed by atoms with van der Waals surface area (Å²) >= 11 is 2.38. The molecule has 0 bridgehead atoms. The number of carbonyl (C=O) groups is 7. The molecule has 15 rings (SSSR count). The lowest BCUT2D eigenvalue weighted by atomic mass is 9.72. The maximum Gasteiger partial charge on any atom is 0.343 e. The summed E-state index contributed by atoms with van der Waals surface area (Å²) in [6.45, 7) is 56.4. The van der Waals surface area contributed by atoms with Crippen LogP contribution >= 0.6 is 22.6 Å². The predicted octanol–water partition coefficient (Wildman–Crippen LogP) is 25.2. The van der Waals surface area contributed by atoms with E-state index in [1.54, 1.807) is 36.4 Å². The number of hydrogen-bond donors (Lipinski definition) is 4. The molecule has 6 aliphatic heterocycles. The highest BCUT2D eigenvalue weighted by Crippen LogP contribution is 2.54. The van der Waals surface area contributed by atoms with E-state index in [4.69, 9.17) is 58.3 Å². The van der Waals surface area contributed by atoms with E-state index in [0.717, 1.165) is 89.1 Å². The highest BCUT2D eigenvalue weighted by atomic mass is 127. The highest BCUT2D eigenvalue weighted by molar-refractivity contribution is 14.1. The monoisotopic (exact) mass is 2110 g/mol. The van der Waals surface area contributed by atoms with Crippen LogP contribution in [-0.4, -0.2) is 103 Å². The Morgan fingerprint density at radius 1 is 0.356 bits per heavy atom. The van der Waals surface area contributed by atoms with Gasteiger partial charge in [0.15, 0.2) is 0 Å². The van der Waals surface area contributed by atoms with Gasteiger partial charge in [-0.05, 0) is 304 Å². The molecule has 30 heteroatoms. The van der Waals surface area contributed by atoms with E-state index in [-0.39, 0.29) is 134 Å². The number of aromatic hydroxyl groups is 1. The van der Waals surface area contributed by atoms with Crippen LogP contribution in [0.5, 0.6) is 51.7 Å². The zero-order chi connectivity index (χ0) is 110. The molecule has 0 aliphatic carbocycles. The fraction of sp³-hybridized carbons (Fsp3) is 0.431. The number of esters is 4. The van der Waals surface area contributed by atoms with Crippen molar-refractivity contribution in [1.29, 1.82) is 26.3 Å². The van der Waals surface area contributed by atoms with E-state index >= 15 is 0 Å². The quantitative estimate of drug-likeness (QED) is 0.0360. The Morgan fingerprint density at radius 2 is 0.630 bits per heavy atom. The van der Waals surface area contributed by atoms with Gasteiger partial charge in [0.1, 0.15) is 133 Å². The van der Waals surface area contributed by atoms with Gasteiger partial charge in [0, 0.05) is 58.5 Å². The Morgan fingerprint density at radius 3 is 0.932 bits per heavy atom. The second kappa shape index (κ2) is 44.0. The lowest BCUT2D eigenvalue weighted by Crippen LogP contribution is -2.41. The van der Waals surface area contributed by atoms with Crippen molar-refractivity contribution in [3.8, 4) is 82.1 Å². The number of aromatic carboxylic acids is 2. The van der Waals surface area contributed by atoms with Crippen molar-refractivity contribution in [2.75, 3.05) is 6.79 Å². The highest BCUT2D eigenvalue weighted by Gasteiger charge is 2.48. The fourth-order valence-corrected chi connectivity index (χ4v) is 21.5. The summed E-state index contributed by atoms with van der Waals surface area (Å²) in [5.74, 6) is -4.05. The molecule has 0 spiro atoms. The average Bonchev–Trinajstić information content (AvgIpc) is 0.740. The van der Waals surface area contributed by atoms with Crippen LogP contribution in [0.15, 0.2) is 127 Å². The number of phenolic OH excluding ortho intramolecular Hbond substituents is 1. The number of hydrogen-bond acceptors (Lipinski definition) is 23. The van der Waals surface area contributed by atoms with Crippen LogP contribution in [0.25, 0.3) is 0 Å². The van der Waals surface area contributed by atoms with Gasteiger partial charge in [0.25, 0.3) is 0 Å². The largest absolute Gasteiger partial charge is 0.508 e. The molecule has 146 heavy (non-hydrogen) atoms. The Kier molecular flexibility index (Phi) is 34.8. The molecule has 772 valence electrons. The van der Waals surface area contributed by atoms with Crippen LogP contribution in [0.2, 0.25) is 0 Å². The third kappa shape index (κ3) is 29.0. The van der Waals surface area contributed by atoms with Crippen molar-refractivity contribution < 1.29 is 115 Å². The van der Waals surface area contributed by atoms with Crippen LogP contribution < -0.4 is 37.9 Å². The number of ether oxygens (including phenoxy) is 10. The van der Waals surface area contributed by atoms with Gasteiger partial charge in [-0.25, -0.2) is 32.3 Å². The lowest BCUT2D eigenvalue weighted by Gasteiger charge is -2.43. The molecule has 26 nitrogen and oxygen atoms in total. The first-order chi connectivity index (χ1) is 67.2. The lowest BCUT2D eigenvalue weighted by molar-refractivity contribution is -0.165. The Hall–Kier alpha value is -14.2. The number of carbonyl (C=O) groups excluding carboxylic acids is 4. The minimum atomic E-state index is -1.16. The van der Waals surface area contributed by atoms with Crippen molar-refractivity contribution >= 4 is 64.4 Å². The number of aliphatic carboxylic acids is 1. The first-order valence-electron chi connectivity index (χ1n) is 47.6. The molecule has 0 aromatic heterocycles. The number of carboxylic acids is 3. The van der Waals surface area contributed by atoms with E-state index < -0.39 is 83.7 Å². The number of carboxylic acid groups (broad SMARTS) is 3.